The molecule has 1 heterocycles. The van der Waals surface area contributed by atoms with Gasteiger partial charge in [-0.3, -0.25) is 9.69 Å². The number of nitrogens with zero attached hydrogens (tertiary/aromatic N) is 2. The molecule has 0 atom stereocenters. The molecule has 1 aliphatic heterocycles. The first-order valence-corrected chi connectivity index (χ1v) is 8.91. The van der Waals surface area contributed by atoms with Crippen molar-refractivity contribution in [1.82, 2.24) is 4.90 Å². The van der Waals surface area contributed by atoms with Crippen LogP contribution in [0.1, 0.15) is 5.56 Å². The first kappa shape index (κ1) is 17.8. The molecular weight excluding hydrogens is 344 g/mol. The number of hydrogen-bond donors (Lipinski definition) is 1. The fraction of sp³-hybridized carbons (Fsp3) is 0.0476. The van der Waals surface area contributed by atoms with Crippen molar-refractivity contribution in [1.29, 1.82) is 0 Å². The molecule has 130 valence electrons. The van der Waals surface area contributed by atoms with Gasteiger partial charge in [-0.2, -0.15) is 0 Å². The van der Waals surface area contributed by atoms with Gasteiger partial charge in [0.1, 0.15) is 5.75 Å². The van der Waals surface area contributed by atoms with Crippen molar-refractivity contribution < 1.29 is 9.90 Å². The molecular formula is C21H18N2O2S. The molecule has 26 heavy (non-hydrogen) atoms. The summed E-state index contributed by atoms with van der Waals surface area (Å²) in [4.78, 5) is 19.4. The molecule has 0 unspecified atom stereocenters. The zero-order valence-electron chi connectivity index (χ0n) is 14.1. The Morgan fingerprint density at radius 1 is 1.12 bits per heavy atom. The number of hydrogen-bond acceptors (Lipinski definition) is 4. The van der Waals surface area contributed by atoms with Crippen molar-refractivity contribution >= 4 is 34.6 Å². The van der Waals surface area contributed by atoms with Crippen molar-refractivity contribution in [2.45, 2.75) is 0 Å². The first-order chi connectivity index (χ1) is 12.7. The third-order valence-corrected chi connectivity index (χ3v) is 4.63. The van der Waals surface area contributed by atoms with E-state index >= 15 is 0 Å². The number of aromatic hydroxyl groups is 1. The molecule has 1 N–H and O–H groups in total. The van der Waals surface area contributed by atoms with Gasteiger partial charge in [0, 0.05) is 6.54 Å². The molecule has 0 radical (unpaired) electrons. The summed E-state index contributed by atoms with van der Waals surface area (Å²) in [6.45, 7) is 4.11. The van der Waals surface area contributed by atoms with Gasteiger partial charge >= 0.3 is 0 Å². The molecule has 0 aliphatic carbocycles. The number of phenolic OH excluding ortho intramolecular Hbond substituents is 1. The van der Waals surface area contributed by atoms with E-state index in [1.807, 2.05) is 42.5 Å². The lowest BCUT2D eigenvalue weighted by Gasteiger charge is -2.12. The van der Waals surface area contributed by atoms with Crippen LogP contribution < -0.4 is 0 Å². The Kier molecular flexibility index (Phi) is 5.71. The van der Waals surface area contributed by atoms with Crippen molar-refractivity contribution in [3.8, 4) is 5.75 Å². The fourth-order valence-electron chi connectivity index (χ4n) is 2.34. The van der Waals surface area contributed by atoms with Crippen LogP contribution in [0.2, 0.25) is 0 Å². The first-order valence-electron chi connectivity index (χ1n) is 8.09. The number of phenols is 1. The second-order valence-electron chi connectivity index (χ2n) is 5.52. The minimum Gasteiger partial charge on any atom is -0.508 e. The van der Waals surface area contributed by atoms with Gasteiger partial charge in [0.05, 0.1) is 10.6 Å². The monoisotopic (exact) mass is 362 g/mol. The SMILES string of the molecule is C=CCN1C(=O)/C(=C/C=C/c2ccccc2)SC1=Nc1ccc(O)cc1. The Morgan fingerprint density at radius 2 is 1.85 bits per heavy atom. The topological polar surface area (TPSA) is 52.9 Å². The second kappa shape index (κ2) is 8.36. The number of allylic oxidation sites excluding steroid dienone is 2. The Hall–Kier alpha value is -3.05. The average molecular weight is 362 g/mol. The van der Waals surface area contributed by atoms with E-state index in [4.69, 9.17) is 0 Å². The highest BCUT2D eigenvalue weighted by Gasteiger charge is 2.32. The summed E-state index contributed by atoms with van der Waals surface area (Å²) in [5.74, 6) is 0.0869. The number of amidine groups is 1. The summed E-state index contributed by atoms with van der Waals surface area (Å²) in [5, 5.41) is 9.98. The molecule has 1 amide bonds. The zero-order chi connectivity index (χ0) is 18.4. The molecule has 0 bridgehead atoms. The van der Waals surface area contributed by atoms with E-state index in [-0.39, 0.29) is 11.7 Å². The fourth-order valence-corrected chi connectivity index (χ4v) is 3.30. The lowest BCUT2D eigenvalue weighted by Crippen LogP contribution is -2.29. The lowest BCUT2D eigenvalue weighted by atomic mass is 10.2. The van der Waals surface area contributed by atoms with Crippen LogP contribution in [0.5, 0.6) is 5.75 Å². The Bertz CT molecular complexity index is 884. The number of amides is 1. The lowest BCUT2D eigenvalue weighted by molar-refractivity contribution is -0.121. The maximum atomic E-state index is 12.6. The average Bonchev–Trinajstić information content (AvgIpc) is 2.94. The van der Waals surface area contributed by atoms with Crippen LogP contribution in [0.4, 0.5) is 5.69 Å². The van der Waals surface area contributed by atoms with Crippen molar-refractivity contribution in [3.05, 3.63) is 89.9 Å². The number of rotatable bonds is 5. The molecule has 4 nitrogen and oxygen atoms in total. The third-order valence-electron chi connectivity index (χ3n) is 3.61. The highest BCUT2D eigenvalue weighted by molar-refractivity contribution is 8.18. The summed E-state index contributed by atoms with van der Waals surface area (Å²) < 4.78 is 0. The summed E-state index contributed by atoms with van der Waals surface area (Å²) in [7, 11) is 0. The van der Waals surface area contributed by atoms with Crippen molar-refractivity contribution in [2.24, 2.45) is 4.99 Å². The maximum absolute atomic E-state index is 12.6. The number of benzene rings is 2. The number of aliphatic imine (C=N–C) groups is 1. The molecule has 1 fully saturated rings. The zero-order valence-corrected chi connectivity index (χ0v) is 14.9. The summed E-state index contributed by atoms with van der Waals surface area (Å²) in [6.07, 6.45) is 7.29. The van der Waals surface area contributed by atoms with Gasteiger partial charge in [-0.05, 0) is 47.7 Å². The van der Waals surface area contributed by atoms with Crippen LogP contribution in [0.15, 0.2) is 89.3 Å². The minimum absolute atomic E-state index is 0.0925. The molecule has 1 aliphatic rings. The van der Waals surface area contributed by atoms with Gasteiger partial charge in [0.15, 0.2) is 5.17 Å². The molecule has 0 aromatic heterocycles. The van der Waals surface area contributed by atoms with Crippen LogP contribution >= 0.6 is 11.8 Å². The smallest absolute Gasteiger partial charge is 0.267 e. The van der Waals surface area contributed by atoms with E-state index in [0.717, 1.165) is 5.56 Å². The molecule has 3 rings (SSSR count). The van der Waals surface area contributed by atoms with E-state index in [1.54, 1.807) is 41.3 Å². The highest BCUT2D eigenvalue weighted by atomic mass is 32.2. The van der Waals surface area contributed by atoms with Gasteiger partial charge in [-0.1, -0.05) is 48.6 Å². The standard InChI is InChI=1S/C21H18N2O2S/c1-2-15-23-20(25)19(10-6-9-16-7-4-3-5-8-16)26-21(23)22-17-11-13-18(24)14-12-17/h2-14,24H,1,15H2/b9-6+,19-10-,22-21?. The molecule has 1 saturated heterocycles. The van der Waals surface area contributed by atoms with Crippen molar-refractivity contribution in [3.63, 3.8) is 0 Å². The Balaban J connectivity index is 1.83. The van der Waals surface area contributed by atoms with Gasteiger partial charge in [0.2, 0.25) is 0 Å². The van der Waals surface area contributed by atoms with E-state index < -0.39 is 0 Å². The molecule has 2 aromatic rings. The predicted octanol–water partition coefficient (Wildman–Crippen LogP) is 4.74. The molecule has 2 aromatic carbocycles. The third kappa shape index (κ3) is 4.32. The minimum atomic E-state index is -0.0925. The Morgan fingerprint density at radius 3 is 2.54 bits per heavy atom. The van der Waals surface area contributed by atoms with Crippen molar-refractivity contribution in [2.75, 3.05) is 6.54 Å². The van der Waals surface area contributed by atoms with Crippen LogP contribution in [0.3, 0.4) is 0 Å². The van der Waals surface area contributed by atoms with E-state index in [0.29, 0.717) is 22.3 Å². The summed E-state index contributed by atoms with van der Waals surface area (Å²) in [5.41, 5.74) is 1.74. The normalized spacial score (nSPS) is 17.5. The number of carbonyl (C=O) groups excluding carboxylic acids is 1. The van der Waals surface area contributed by atoms with Crippen LogP contribution in [0.25, 0.3) is 6.08 Å². The van der Waals surface area contributed by atoms with Crippen LogP contribution in [-0.2, 0) is 4.79 Å². The van der Waals surface area contributed by atoms with Gasteiger partial charge in [-0.15, -0.1) is 6.58 Å². The summed E-state index contributed by atoms with van der Waals surface area (Å²) in [6, 6.07) is 16.4. The second-order valence-corrected chi connectivity index (χ2v) is 6.53. The van der Waals surface area contributed by atoms with Gasteiger partial charge in [0.25, 0.3) is 5.91 Å². The largest absolute Gasteiger partial charge is 0.508 e. The maximum Gasteiger partial charge on any atom is 0.267 e. The van der Waals surface area contributed by atoms with Crippen LogP contribution in [-0.4, -0.2) is 27.6 Å². The molecule has 0 spiro atoms. The van der Waals surface area contributed by atoms with E-state index in [2.05, 4.69) is 11.6 Å². The van der Waals surface area contributed by atoms with Gasteiger partial charge in [-0.25, -0.2) is 4.99 Å². The Labute approximate surface area is 156 Å². The number of carbonyl (C=O) groups is 1. The van der Waals surface area contributed by atoms with Crippen LogP contribution in [0, 0.1) is 0 Å². The van der Waals surface area contributed by atoms with E-state index in [1.165, 1.54) is 11.8 Å². The van der Waals surface area contributed by atoms with E-state index in [9.17, 15) is 9.90 Å². The molecule has 0 saturated carbocycles. The molecule has 5 heteroatoms. The quantitative estimate of drug-likeness (QED) is 0.617. The number of thioether (sulfide) groups is 1. The highest BCUT2D eigenvalue weighted by Crippen LogP contribution is 2.33. The van der Waals surface area contributed by atoms with Gasteiger partial charge < -0.3 is 5.11 Å². The summed E-state index contributed by atoms with van der Waals surface area (Å²) >= 11 is 1.33. The predicted molar refractivity (Wildman–Crippen MR) is 108 cm³/mol.